The number of carbonyl (C=O) groups is 1. The van der Waals surface area contributed by atoms with Crippen LogP contribution >= 0.6 is 34.9 Å². The molecule has 0 spiro atoms. The van der Waals surface area contributed by atoms with Gasteiger partial charge in [-0.25, -0.2) is 0 Å². The summed E-state index contributed by atoms with van der Waals surface area (Å²) >= 11 is 4.77. The third-order valence-electron chi connectivity index (χ3n) is 4.05. The van der Waals surface area contributed by atoms with Gasteiger partial charge < -0.3 is 14.0 Å². The number of hydrogen-bond donors (Lipinski definition) is 0. The molecule has 0 unspecified atom stereocenters. The van der Waals surface area contributed by atoms with E-state index in [1.807, 2.05) is 42.5 Å². The van der Waals surface area contributed by atoms with E-state index in [-0.39, 0.29) is 5.91 Å². The van der Waals surface area contributed by atoms with Gasteiger partial charge in [0.15, 0.2) is 4.80 Å². The van der Waals surface area contributed by atoms with Gasteiger partial charge in [-0.3, -0.25) is 4.79 Å². The van der Waals surface area contributed by atoms with Gasteiger partial charge >= 0.3 is 0 Å². The zero-order valence-electron chi connectivity index (χ0n) is 16.0. The lowest BCUT2D eigenvalue weighted by atomic mass is 10.3. The van der Waals surface area contributed by atoms with Crippen LogP contribution in [0.3, 0.4) is 0 Å². The SMILES string of the molecule is COc1ccc(SCC(=O)N=c2sc3cc(OC)ccc3n2CCSC)cc1. The Morgan fingerprint density at radius 2 is 1.82 bits per heavy atom. The molecule has 0 fully saturated rings. The van der Waals surface area contributed by atoms with E-state index in [1.165, 1.54) is 23.1 Å². The lowest BCUT2D eigenvalue weighted by Gasteiger charge is -2.05. The molecule has 0 saturated heterocycles. The highest BCUT2D eigenvalue weighted by Crippen LogP contribution is 2.24. The van der Waals surface area contributed by atoms with Gasteiger partial charge in [-0.15, -0.1) is 11.8 Å². The molecule has 0 aliphatic heterocycles. The van der Waals surface area contributed by atoms with E-state index in [9.17, 15) is 4.79 Å². The molecule has 5 nitrogen and oxygen atoms in total. The Hall–Kier alpha value is -1.90. The van der Waals surface area contributed by atoms with Gasteiger partial charge in [0.2, 0.25) is 0 Å². The molecule has 28 heavy (non-hydrogen) atoms. The number of thioether (sulfide) groups is 2. The Kier molecular flexibility index (Phi) is 7.47. The fraction of sp³-hybridized carbons (Fsp3) is 0.300. The number of benzene rings is 2. The van der Waals surface area contributed by atoms with Crippen LogP contribution in [0.15, 0.2) is 52.4 Å². The molecule has 0 atom stereocenters. The molecule has 2 aromatic carbocycles. The van der Waals surface area contributed by atoms with Crippen molar-refractivity contribution < 1.29 is 14.3 Å². The fourth-order valence-electron chi connectivity index (χ4n) is 2.62. The average Bonchev–Trinajstić information content (AvgIpc) is 3.06. The molecule has 0 saturated carbocycles. The lowest BCUT2D eigenvalue weighted by molar-refractivity contribution is -0.115. The molecule has 3 rings (SSSR count). The number of thiazole rings is 1. The van der Waals surface area contributed by atoms with E-state index in [0.717, 1.165) is 43.7 Å². The summed E-state index contributed by atoms with van der Waals surface area (Å²) in [4.78, 5) is 18.6. The van der Waals surface area contributed by atoms with Crippen LogP contribution in [0, 0.1) is 0 Å². The summed E-state index contributed by atoms with van der Waals surface area (Å²) in [7, 11) is 3.29. The first kappa shape index (κ1) is 20.8. The Labute approximate surface area is 176 Å². The van der Waals surface area contributed by atoms with Crippen molar-refractivity contribution in [1.29, 1.82) is 0 Å². The highest BCUT2D eigenvalue weighted by atomic mass is 32.2. The Morgan fingerprint density at radius 1 is 1.11 bits per heavy atom. The standard InChI is InChI=1S/C20H22N2O3S3/c1-24-14-4-7-16(8-5-14)27-13-19(23)21-20-22(10-11-26-3)17-9-6-15(25-2)12-18(17)28-20/h4-9,12H,10-11,13H2,1-3H3. The number of fused-ring (bicyclic) bond motifs is 1. The molecule has 0 N–H and O–H groups in total. The van der Waals surface area contributed by atoms with Crippen LogP contribution in [0.2, 0.25) is 0 Å². The summed E-state index contributed by atoms with van der Waals surface area (Å²) in [5, 5.41) is 0. The Morgan fingerprint density at radius 3 is 2.50 bits per heavy atom. The van der Waals surface area contributed by atoms with Gasteiger partial charge in [0.05, 0.1) is 30.2 Å². The molecular weight excluding hydrogens is 412 g/mol. The van der Waals surface area contributed by atoms with Crippen LogP contribution in [-0.2, 0) is 11.3 Å². The minimum absolute atomic E-state index is 0.141. The minimum atomic E-state index is -0.141. The summed E-state index contributed by atoms with van der Waals surface area (Å²) < 4.78 is 13.7. The molecule has 8 heteroatoms. The summed E-state index contributed by atoms with van der Waals surface area (Å²) in [5.41, 5.74) is 1.08. The lowest BCUT2D eigenvalue weighted by Crippen LogP contribution is -2.18. The number of aromatic nitrogens is 1. The first-order valence-electron chi connectivity index (χ1n) is 8.65. The summed E-state index contributed by atoms with van der Waals surface area (Å²) in [5.74, 6) is 2.72. The van der Waals surface area contributed by atoms with Gasteiger partial charge in [0.1, 0.15) is 11.5 Å². The predicted octanol–water partition coefficient (Wildman–Crippen LogP) is 4.30. The van der Waals surface area contributed by atoms with Crippen molar-refractivity contribution in [3.05, 3.63) is 47.3 Å². The van der Waals surface area contributed by atoms with Crippen molar-refractivity contribution in [3.8, 4) is 11.5 Å². The number of amides is 1. The number of methoxy groups -OCH3 is 2. The molecule has 3 aromatic rings. The zero-order valence-corrected chi connectivity index (χ0v) is 18.5. The monoisotopic (exact) mass is 434 g/mol. The first-order chi connectivity index (χ1) is 13.6. The second-order valence-electron chi connectivity index (χ2n) is 5.83. The number of hydrogen-bond acceptors (Lipinski definition) is 6. The van der Waals surface area contributed by atoms with Crippen LogP contribution in [0.1, 0.15) is 0 Å². The van der Waals surface area contributed by atoms with E-state index in [2.05, 4.69) is 15.8 Å². The molecule has 0 radical (unpaired) electrons. The van der Waals surface area contributed by atoms with Crippen molar-refractivity contribution in [2.24, 2.45) is 4.99 Å². The fourth-order valence-corrected chi connectivity index (χ4v) is 4.77. The minimum Gasteiger partial charge on any atom is -0.497 e. The van der Waals surface area contributed by atoms with Crippen molar-refractivity contribution in [2.45, 2.75) is 11.4 Å². The number of nitrogens with zero attached hydrogens (tertiary/aromatic N) is 2. The Balaban J connectivity index is 1.82. The number of rotatable bonds is 8. The summed E-state index contributed by atoms with van der Waals surface area (Å²) in [6, 6.07) is 13.6. The Bertz CT molecular complexity index is 1010. The molecule has 1 heterocycles. The number of aryl methyl sites for hydroxylation is 1. The highest BCUT2D eigenvalue weighted by Gasteiger charge is 2.09. The maximum atomic E-state index is 12.5. The zero-order chi connectivity index (χ0) is 19.9. The molecule has 0 bridgehead atoms. The van der Waals surface area contributed by atoms with Gasteiger partial charge in [-0.1, -0.05) is 11.3 Å². The van der Waals surface area contributed by atoms with Gasteiger partial charge in [0.25, 0.3) is 5.91 Å². The van der Waals surface area contributed by atoms with Gasteiger partial charge in [0, 0.05) is 17.2 Å². The van der Waals surface area contributed by atoms with Crippen molar-refractivity contribution in [3.63, 3.8) is 0 Å². The third-order valence-corrected chi connectivity index (χ3v) is 6.68. The van der Waals surface area contributed by atoms with Crippen molar-refractivity contribution in [2.75, 3.05) is 32.0 Å². The van der Waals surface area contributed by atoms with E-state index in [4.69, 9.17) is 9.47 Å². The average molecular weight is 435 g/mol. The quantitative estimate of drug-likeness (QED) is 0.495. The van der Waals surface area contributed by atoms with E-state index >= 15 is 0 Å². The largest absolute Gasteiger partial charge is 0.497 e. The van der Waals surface area contributed by atoms with Crippen LogP contribution in [-0.4, -0.2) is 42.5 Å². The number of carbonyl (C=O) groups excluding carboxylic acids is 1. The van der Waals surface area contributed by atoms with E-state index in [0.29, 0.717) is 5.75 Å². The second kappa shape index (κ2) is 10.0. The van der Waals surface area contributed by atoms with Gasteiger partial charge in [-0.05, 0) is 48.7 Å². The van der Waals surface area contributed by atoms with Crippen LogP contribution in [0.25, 0.3) is 10.2 Å². The predicted molar refractivity (Wildman–Crippen MR) is 119 cm³/mol. The normalized spacial score (nSPS) is 11.8. The van der Waals surface area contributed by atoms with Gasteiger partial charge in [-0.2, -0.15) is 16.8 Å². The smallest absolute Gasteiger partial charge is 0.258 e. The van der Waals surface area contributed by atoms with Crippen molar-refractivity contribution >= 4 is 51.0 Å². The second-order valence-corrected chi connectivity index (χ2v) is 8.88. The third kappa shape index (κ3) is 5.12. The molecule has 1 aromatic heterocycles. The van der Waals surface area contributed by atoms with Crippen LogP contribution in [0.4, 0.5) is 0 Å². The molecular formula is C20H22N2O3S3. The van der Waals surface area contributed by atoms with Crippen LogP contribution in [0.5, 0.6) is 11.5 Å². The topological polar surface area (TPSA) is 52.8 Å². The first-order valence-corrected chi connectivity index (χ1v) is 11.8. The van der Waals surface area contributed by atoms with Crippen molar-refractivity contribution in [1.82, 2.24) is 4.57 Å². The number of ether oxygens (including phenoxy) is 2. The maximum absolute atomic E-state index is 12.5. The summed E-state index contributed by atoms with van der Waals surface area (Å²) in [6.45, 7) is 0.811. The summed E-state index contributed by atoms with van der Waals surface area (Å²) in [6.07, 6.45) is 2.08. The molecule has 0 aliphatic rings. The molecule has 148 valence electrons. The maximum Gasteiger partial charge on any atom is 0.258 e. The van der Waals surface area contributed by atoms with E-state index < -0.39 is 0 Å². The highest BCUT2D eigenvalue weighted by molar-refractivity contribution is 8.00. The molecule has 0 aliphatic carbocycles. The molecule has 1 amide bonds. The van der Waals surface area contributed by atoms with E-state index in [1.54, 1.807) is 26.0 Å². The van der Waals surface area contributed by atoms with Crippen LogP contribution < -0.4 is 14.3 Å².